The van der Waals surface area contributed by atoms with Gasteiger partial charge in [0.05, 0.1) is 0 Å². The van der Waals surface area contributed by atoms with Crippen molar-refractivity contribution in [1.29, 1.82) is 0 Å². The average molecular weight is 385 g/mol. The molecule has 4 rings (SSSR count). The lowest BCUT2D eigenvalue weighted by Gasteiger charge is -2.05. The molecule has 3 aromatic rings. The van der Waals surface area contributed by atoms with Crippen LogP contribution in [0.15, 0.2) is 18.2 Å². The number of ether oxygens (including phenoxy) is 2. The minimum atomic E-state index is -4.63. The summed E-state index contributed by atoms with van der Waals surface area (Å²) in [6.45, 7) is 0.319. The highest BCUT2D eigenvalue weighted by Crippen LogP contribution is 2.32. The van der Waals surface area contributed by atoms with Gasteiger partial charge in [-0.1, -0.05) is 11.3 Å². The quantitative estimate of drug-likeness (QED) is 0.738. The van der Waals surface area contributed by atoms with Crippen molar-refractivity contribution in [2.24, 2.45) is 0 Å². The number of halogens is 3. The largest absolute Gasteiger partial charge is 0.454 e. The molecule has 1 aromatic carbocycles. The number of fused-ring (bicyclic) bond motifs is 2. The van der Waals surface area contributed by atoms with Gasteiger partial charge in [0.25, 0.3) is 11.7 Å². The summed E-state index contributed by atoms with van der Waals surface area (Å²) in [6, 6.07) is 4.80. The molecule has 2 aromatic heterocycles. The van der Waals surface area contributed by atoms with Gasteiger partial charge in [0.1, 0.15) is 5.01 Å². The van der Waals surface area contributed by atoms with Gasteiger partial charge in [-0.25, -0.2) is 0 Å². The molecule has 3 heterocycles. The number of nitrogens with one attached hydrogen (secondary N) is 1. The fourth-order valence-electron chi connectivity index (χ4n) is 2.36. The number of hydrogen-bond acceptors (Lipinski definition) is 7. The van der Waals surface area contributed by atoms with Gasteiger partial charge in [0.15, 0.2) is 11.5 Å². The summed E-state index contributed by atoms with van der Waals surface area (Å²) < 4.78 is 49.3. The Balaban J connectivity index is 1.39. The van der Waals surface area contributed by atoms with Crippen molar-refractivity contribution in [3.05, 3.63) is 34.6 Å². The van der Waals surface area contributed by atoms with Gasteiger partial charge in [0, 0.05) is 18.5 Å². The van der Waals surface area contributed by atoms with Crippen LogP contribution in [0.5, 0.6) is 11.5 Å². The first-order valence-electron chi connectivity index (χ1n) is 7.38. The van der Waals surface area contributed by atoms with E-state index in [1.54, 1.807) is 18.2 Å². The number of carbonyl (C=O) groups is 1. The zero-order valence-corrected chi connectivity index (χ0v) is 13.7. The number of amides is 1. The molecule has 1 N–H and O–H groups in total. The maximum atomic E-state index is 12.8. The molecule has 8 nitrogen and oxygen atoms in total. The fraction of sp³-hybridized carbons (Fsp3) is 0.286. The molecule has 0 aliphatic carbocycles. The molecule has 0 atom stereocenters. The molecular formula is C14H10F3N5O3S. The Morgan fingerprint density at radius 1 is 1.27 bits per heavy atom. The van der Waals surface area contributed by atoms with E-state index in [2.05, 4.69) is 20.6 Å². The minimum absolute atomic E-state index is 0.0504. The number of rotatable bonds is 4. The maximum Gasteiger partial charge on any atom is 0.453 e. The molecule has 136 valence electrons. The molecule has 1 aliphatic heterocycles. The predicted octanol–water partition coefficient (Wildman–Crippen LogP) is 1.91. The molecule has 12 heteroatoms. The topological polar surface area (TPSA) is 90.6 Å². The average Bonchev–Trinajstić information content (AvgIpc) is 3.27. The summed E-state index contributed by atoms with van der Waals surface area (Å²) in [5.74, 6) is -0.436. The van der Waals surface area contributed by atoms with Crippen LogP contribution in [0.4, 0.5) is 13.2 Å². The smallest absolute Gasteiger partial charge is 0.453 e. The SMILES string of the molecule is O=C(NCCc1nn2c(C(F)(F)F)nnc2s1)c1ccc2c(c1)OCO2. The molecule has 0 saturated carbocycles. The minimum Gasteiger partial charge on any atom is -0.454 e. The lowest BCUT2D eigenvalue weighted by molar-refractivity contribution is -0.146. The van der Waals surface area contributed by atoms with Crippen LogP contribution in [-0.2, 0) is 12.6 Å². The Labute approximate surface area is 147 Å². The van der Waals surface area contributed by atoms with Crippen LogP contribution in [-0.4, -0.2) is 39.1 Å². The molecule has 0 spiro atoms. The number of aromatic nitrogens is 4. The van der Waals surface area contributed by atoms with E-state index in [-0.39, 0.29) is 30.6 Å². The first-order chi connectivity index (χ1) is 12.4. The first-order valence-corrected chi connectivity index (χ1v) is 8.19. The Kier molecular flexibility index (Phi) is 3.90. The molecule has 1 aliphatic rings. The second-order valence-electron chi connectivity index (χ2n) is 5.29. The normalized spacial score (nSPS) is 13.3. The van der Waals surface area contributed by atoms with Gasteiger partial charge < -0.3 is 14.8 Å². The summed E-state index contributed by atoms with van der Waals surface area (Å²) in [6.07, 6.45) is -4.36. The van der Waals surface area contributed by atoms with E-state index in [1.807, 2.05) is 0 Å². The highest BCUT2D eigenvalue weighted by atomic mass is 32.1. The van der Waals surface area contributed by atoms with Crippen LogP contribution >= 0.6 is 11.3 Å². The zero-order chi connectivity index (χ0) is 18.3. The van der Waals surface area contributed by atoms with Gasteiger partial charge in [-0.2, -0.15) is 22.8 Å². The summed E-state index contributed by atoms with van der Waals surface area (Å²) >= 11 is 0.988. The number of benzene rings is 1. The lowest BCUT2D eigenvalue weighted by Crippen LogP contribution is -2.25. The van der Waals surface area contributed by atoms with Crippen molar-refractivity contribution in [2.45, 2.75) is 12.6 Å². The molecule has 0 fully saturated rings. The number of hydrogen-bond donors (Lipinski definition) is 1. The van der Waals surface area contributed by atoms with Crippen LogP contribution in [0.3, 0.4) is 0 Å². The second kappa shape index (κ2) is 6.12. The van der Waals surface area contributed by atoms with Crippen molar-refractivity contribution >= 4 is 22.2 Å². The Morgan fingerprint density at radius 3 is 2.88 bits per heavy atom. The van der Waals surface area contributed by atoms with E-state index < -0.39 is 12.0 Å². The summed E-state index contributed by atoms with van der Waals surface area (Å²) in [5.41, 5.74) is 0.395. The van der Waals surface area contributed by atoms with E-state index in [4.69, 9.17) is 9.47 Å². The molecule has 26 heavy (non-hydrogen) atoms. The van der Waals surface area contributed by atoms with Crippen molar-refractivity contribution in [3.8, 4) is 11.5 Å². The van der Waals surface area contributed by atoms with Gasteiger partial charge in [0.2, 0.25) is 11.8 Å². The third-order valence-corrected chi connectivity index (χ3v) is 4.50. The monoisotopic (exact) mass is 385 g/mol. The van der Waals surface area contributed by atoms with E-state index in [1.165, 1.54) is 0 Å². The summed E-state index contributed by atoms with van der Waals surface area (Å²) in [7, 11) is 0. The van der Waals surface area contributed by atoms with Gasteiger partial charge in [-0.05, 0) is 18.2 Å². The van der Waals surface area contributed by atoms with E-state index >= 15 is 0 Å². The van der Waals surface area contributed by atoms with Gasteiger partial charge in [-0.15, -0.1) is 10.2 Å². The van der Waals surface area contributed by atoms with E-state index in [9.17, 15) is 18.0 Å². The van der Waals surface area contributed by atoms with Crippen LogP contribution in [0.25, 0.3) is 4.96 Å². The van der Waals surface area contributed by atoms with Crippen molar-refractivity contribution < 1.29 is 27.4 Å². The molecule has 0 radical (unpaired) electrons. The molecule has 0 unspecified atom stereocenters. The highest BCUT2D eigenvalue weighted by molar-refractivity contribution is 7.16. The van der Waals surface area contributed by atoms with Gasteiger partial charge >= 0.3 is 6.18 Å². The molecular weight excluding hydrogens is 375 g/mol. The van der Waals surface area contributed by atoms with Crippen molar-refractivity contribution in [2.75, 3.05) is 13.3 Å². The Hall–Kier alpha value is -2.89. The first kappa shape index (κ1) is 16.6. The van der Waals surface area contributed by atoms with Gasteiger partial charge in [-0.3, -0.25) is 4.79 Å². The molecule has 1 amide bonds. The van der Waals surface area contributed by atoms with Crippen LogP contribution < -0.4 is 14.8 Å². The Morgan fingerprint density at radius 2 is 2.08 bits per heavy atom. The lowest BCUT2D eigenvalue weighted by atomic mass is 10.2. The fourth-order valence-corrected chi connectivity index (χ4v) is 3.19. The zero-order valence-electron chi connectivity index (χ0n) is 12.9. The Bertz CT molecular complexity index is 984. The maximum absolute atomic E-state index is 12.8. The molecule has 0 bridgehead atoms. The number of carbonyl (C=O) groups excluding carboxylic acids is 1. The second-order valence-corrected chi connectivity index (χ2v) is 6.33. The summed E-state index contributed by atoms with van der Waals surface area (Å²) in [5, 5.41) is 13.5. The number of alkyl halides is 3. The third-order valence-electron chi connectivity index (χ3n) is 3.55. The molecule has 0 saturated heterocycles. The number of nitrogens with zero attached hydrogens (tertiary/aromatic N) is 4. The van der Waals surface area contributed by atoms with Crippen LogP contribution in [0, 0.1) is 0 Å². The van der Waals surface area contributed by atoms with Crippen LogP contribution in [0.1, 0.15) is 21.2 Å². The highest BCUT2D eigenvalue weighted by Gasteiger charge is 2.38. The van der Waals surface area contributed by atoms with Crippen molar-refractivity contribution in [1.82, 2.24) is 25.1 Å². The summed E-state index contributed by atoms with van der Waals surface area (Å²) in [4.78, 5) is 12.2. The van der Waals surface area contributed by atoms with E-state index in [0.29, 0.717) is 26.6 Å². The van der Waals surface area contributed by atoms with Crippen LogP contribution in [0.2, 0.25) is 0 Å². The van der Waals surface area contributed by atoms with Crippen molar-refractivity contribution in [3.63, 3.8) is 0 Å². The van der Waals surface area contributed by atoms with E-state index in [0.717, 1.165) is 11.3 Å². The third kappa shape index (κ3) is 3.03. The predicted molar refractivity (Wildman–Crippen MR) is 82.3 cm³/mol. The standard InChI is InChI=1S/C14H10F3N5O3S/c15-14(16,17)12-19-20-13-22(12)21-10(26-13)3-4-18-11(23)7-1-2-8-9(5-7)25-6-24-8/h1-2,5H,3-4,6H2,(H,18,23).